The Bertz CT molecular complexity index is 768. The largest absolute Gasteiger partial charge is 0.392 e. The summed E-state index contributed by atoms with van der Waals surface area (Å²) in [6.07, 6.45) is 0.631. The average Bonchev–Trinajstić information content (AvgIpc) is 2.61. The lowest BCUT2D eigenvalue weighted by Gasteiger charge is -2.41. The number of likely N-dealkylation sites (N-methyl/N-ethyl adjacent to an activating group) is 1. The Kier molecular flexibility index (Phi) is 5.91. The highest BCUT2D eigenvalue weighted by Gasteiger charge is 2.42. The van der Waals surface area contributed by atoms with Crippen LogP contribution >= 0.6 is 0 Å². The van der Waals surface area contributed by atoms with Crippen molar-refractivity contribution in [2.24, 2.45) is 0 Å². The molecule has 0 aliphatic rings. The van der Waals surface area contributed by atoms with Gasteiger partial charge in [-0.2, -0.15) is 5.26 Å². The fraction of sp³-hybridized carbons (Fsp3) is 0.350. The number of halogens is 1. The van der Waals surface area contributed by atoms with Crippen LogP contribution in [-0.2, 0) is 12.2 Å². The molecule has 2 aromatic carbocycles. The number of nitriles is 1. The molecule has 0 aliphatic carbocycles. The first-order chi connectivity index (χ1) is 11.9. The maximum atomic E-state index is 13.4. The Hall–Kier alpha value is -2.26. The van der Waals surface area contributed by atoms with Crippen LogP contribution < -0.4 is 0 Å². The van der Waals surface area contributed by atoms with Crippen LogP contribution in [0.4, 0.5) is 4.39 Å². The van der Waals surface area contributed by atoms with E-state index in [4.69, 9.17) is 5.26 Å². The summed E-state index contributed by atoms with van der Waals surface area (Å²) in [5.41, 5.74) is 0.478. The van der Waals surface area contributed by atoms with Gasteiger partial charge in [0.05, 0.1) is 18.2 Å². The zero-order valence-corrected chi connectivity index (χ0v) is 14.7. The van der Waals surface area contributed by atoms with Crippen LogP contribution in [-0.4, -0.2) is 35.3 Å². The van der Waals surface area contributed by atoms with E-state index in [0.717, 1.165) is 0 Å². The van der Waals surface area contributed by atoms with Gasteiger partial charge in [0.15, 0.2) is 0 Å². The highest BCUT2D eigenvalue weighted by atomic mass is 19.1. The molecule has 0 fully saturated rings. The van der Waals surface area contributed by atoms with Gasteiger partial charge < -0.3 is 15.1 Å². The topological polar surface area (TPSA) is 67.5 Å². The van der Waals surface area contributed by atoms with E-state index in [9.17, 15) is 14.6 Å². The van der Waals surface area contributed by atoms with E-state index in [-0.39, 0.29) is 18.5 Å². The molecule has 0 heterocycles. The Morgan fingerprint density at radius 3 is 2.32 bits per heavy atom. The molecule has 0 radical (unpaired) electrons. The fourth-order valence-electron chi connectivity index (χ4n) is 3.43. The molecule has 0 spiro atoms. The quantitative estimate of drug-likeness (QED) is 0.847. The molecule has 5 heteroatoms. The normalized spacial score (nSPS) is 14.8. The second-order valence-corrected chi connectivity index (χ2v) is 6.30. The Labute approximate surface area is 147 Å². The molecule has 132 valence electrons. The monoisotopic (exact) mass is 342 g/mol. The third kappa shape index (κ3) is 3.57. The van der Waals surface area contributed by atoms with Crippen LogP contribution in [0.5, 0.6) is 0 Å². The molecule has 0 saturated carbocycles. The smallest absolute Gasteiger partial charge is 0.130 e. The first kappa shape index (κ1) is 19.1. The van der Waals surface area contributed by atoms with Gasteiger partial charge in [-0.25, -0.2) is 4.39 Å². The van der Waals surface area contributed by atoms with Crippen molar-refractivity contribution in [3.05, 3.63) is 70.5 Å². The number of aliphatic hydroxyl groups is 2. The third-order valence-corrected chi connectivity index (χ3v) is 4.59. The molecular weight excluding hydrogens is 319 g/mol. The molecule has 2 N–H and O–H groups in total. The molecule has 2 aromatic rings. The van der Waals surface area contributed by atoms with E-state index >= 15 is 0 Å². The van der Waals surface area contributed by atoms with Crippen molar-refractivity contribution >= 4 is 0 Å². The average molecular weight is 342 g/mol. The molecular formula is C20H23FN2O2. The molecule has 0 aliphatic heterocycles. The van der Waals surface area contributed by atoms with Gasteiger partial charge in [0.2, 0.25) is 0 Å². The Morgan fingerprint density at radius 1 is 1.20 bits per heavy atom. The first-order valence-corrected chi connectivity index (χ1v) is 8.17. The lowest BCUT2D eigenvalue weighted by Crippen LogP contribution is -2.49. The standard InChI is InChI=1S/C20H23FN2O2/c1-4-19(23(2)3)20(25,16-6-8-17(21)9-7-16)18-10-5-14(12-22)11-15(18)13-24/h5-11,19,24-25H,4,13H2,1-3H3. The van der Waals surface area contributed by atoms with Gasteiger partial charge in [-0.15, -0.1) is 0 Å². The number of hydrogen-bond acceptors (Lipinski definition) is 4. The van der Waals surface area contributed by atoms with Crippen LogP contribution in [0.25, 0.3) is 0 Å². The highest BCUT2D eigenvalue weighted by molar-refractivity contribution is 5.46. The lowest BCUT2D eigenvalue weighted by molar-refractivity contribution is -0.00639. The summed E-state index contributed by atoms with van der Waals surface area (Å²) in [5.74, 6) is -0.383. The summed E-state index contributed by atoms with van der Waals surface area (Å²) in [6, 6.07) is 12.3. The van der Waals surface area contributed by atoms with Crippen molar-refractivity contribution in [3.63, 3.8) is 0 Å². The Morgan fingerprint density at radius 2 is 1.84 bits per heavy atom. The third-order valence-electron chi connectivity index (χ3n) is 4.59. The van der Waals surface area contributed by atoms with Crippen LogP contribution in [0.2, 0.25) is 0 Å². The molecule has 0 aromatic heterocycles. The number of aliphatic hydroxyl groups excluding tert-OH is 1. The van der Waals surface area contributed by atoms with Gasteiger partial charge in [0.1, 0.15) is 11.4 Å². The minimum atomic E-state index is -1.46. The minimum absolute atomic E-state index is 0.307. The summed E-state index contributed by atoms with van der Waals surface area (Å²) < 4.78 is 13.4. The van der Waals surface area contributed by atoms with Gasteiger partial charge in [0, 0.05) is 6.04 Å². The van der Waals surface area contributed by atoms with E-state index in [0.29, 0.717) is 28.7 Å². The number of benzene rings is 2. The second-order valence-electron chi connectivity index (χ2n) is 6.30. The predicted molar refractivity (Wildman–Crippen MR) is 94.2 cm³/mol. The maximum Gasteiger partial charge on any atom is 0.130 e. The molecule has 25 heavy (non-hydrogen) atoms. The van der Waals surface area contributed by atoms with Crippen LogP contribution in [0, 0.1) is 17.1 Å². The summed E-state index contributed by atoms with van der Waals surface area (Å²) in [7, 11) is 3.73. The molecule has 2 unspecified atom stereocenters. The van der Waals surface area contributed by atoms with Gasteiger partial charge in [-0.05, 0) is 61.5 Å². The van der Waals surface area contributed by atoms with E-state index in [1.54, 1.807) is 30.3 Å². The molecule has 2 atom stereocenters. The summed E-state index contributed by atoms with van der Waals surface area (Å²) in [5, 5.41) is 30.7. The predicted octanol–water partition coefficient (Wildman–Crippen LogP) is 2.77. The molecule has 0 amide bonds. The second kappa shape index (κ2) is 7.75. The fourth-order valence-corrected chi connectivity index (χ4v) is 3.43. The van der Waals surface area contributed by atoms with Gasteiger partial charge in [-0.3, -0.25) is 0 Å². The maximum absolute atomic E-state index is 13.4. The van der Waals surface area contributed by atoms with Crippen molar-refractivity contribution in [3.8, 4) is 6.07 Å². The van der Waals surface area contributed by atoms with Crippen molar-refractivity contribution in [1.29, 1.82) is 5.26 Å². The minimum Gasteiger partial charge on any atom is -0.392 e. The highest BCUT2D eigenvalue weighted by Crippen LogP contribution is 2.38. The van der Waals surface area contributed by atoms with Crippen molar-refractivity contribution in [2.45, 2.75) is 31.6 Å². The summed E-state index contributed by atoms with van der Waals surface area (Å²) >= 11 is 0. The van der Waals surface area contributed by atoms with Crippen molar-refractivity contribution < 1.29 is 14.6 Å². The van der Waals surface area contributed by atoms with Crippen LogP contribution in [0.15, 0.2) is 42.5 Å². The van der Waals surface area contributed by atoms with Gasteiger partial charge in [-0.1, -0.05) is 25.1 Å². The molecule has 0 saturated heterocycles. The Balaban J connectivity index is 2.76. The lowest BCUT2D eigenvalue weighted by atomic mass is 9.76. The van der Waals surface area contributed by atoms with E-state index in [2.05, 4.69) is 0 Å². The number of rotatable bonds is 6. The van der Waals surface area contributed by atoms with Crippen molar-refractivity contribution in [1.82, 2.24) is 4.90 Å². The van der Waals surface area contributed by atoms with Gasteiger partial charge >= 0.3 is 0 Å². The summed E-state index contributed by atoms with van der Waals surface area (Å²) in [4.78, 5) is 1.91. The van der Waals surface area contributed by atoms with Crippen molar-refractivity contribution in [2.75, 3.05) is 14.1 Å². The van der Waals surface area contributed by atoms with E-state index in [1.807, 2.05) is 32.0 Å². The molecule has 4 nitrogen and oxygen atoms in total. The summed E-state index contributed by atoms with van der Waals surface area (Å²) in [6.45, 7) is 1.65. The number of hydrogen-bond donors (Lipinski definition) is 2. The van der Waals surface area contributed by atoms with E-state index < -0.39 is 5.60 Å². The van der Waals surface area contributed by atoms with E-state index in [1.165, 1.54) is 12.1 Å². The SMILES string of the molecule is CCC(N(C)C)C(O)(c1ccc(F)cc1)c1ccc(C#N)cc1CO. The zero-order valence-electron chi connectivity index (χ0n) is 14.7. The van der Waals surface area contributed by atoms with Crippen LogP contribution in [0.3, 0.4) is 0 Å². The van der Waals surface area contributed by atoms with Crippen LogP contribution in [0.1, 0.15) is 35.6 Å². The zero-order chi connectivity index (χ0) is 18.6. The molecule has 2 rings (SSSR count). The molecule has 0 bridgehead atoms. The first-order valence-electron chi connectivity index (χ1n) is 8.17. The number of nitrogens with zero attached hydrogens (tertiary/aromatic N) is 2. The van der Waals surface area contributed by atoms with Gasteiger partial charge in [0.25, 0.3) is 0 Å².